The highest BCUT2D eigenvalue weighted by Gasteiger charge is 2.33. The number of hydrogen-bond acceptors (Lipinski definition) is 3. The predicted molar refractivity (Wildman–Crippen MR) is 117 cm³/mol. The van der Waals surface area contributed by atoms with Gasteiger partial charge in [-0.1, -0.05) is 60.1 Å². The van der Waals surface area contributed by atoms with E-state index < -0.39 is 21.8 Å². The molecule has 1 aliphatic rings. The van der Waals surface area contributed by atoms with E-state index in [1.54, 1.807) is 24.3 Å². The molecule has 2 N–H and O–H groups in total. The van der Waals surface area contributed by atoms with E-state index in [-0.39, 0.29) is 23.0 Å². The monoisotopic (exact) mass is 479 g/mol. The standard InChI is InChI=1S/C22H17ClF3N3O2S/c23-18-10-4-2-6-14(18)12-15-8-5-11-19-20(15)28-21(29-32(19,30)31)27-13-16-7-1-3-9-17(16)22(24,25)26/h1-11H,12-13H2,(H2,27,28,29). The number of benzene rings is 3. The molecule has 3 aromatic rings. The summed E-state index contributed by atoms with van der Waals surface area (Å²) in [5.41, 5.74) is 0.891. The van der Waals surface area contributed by atoms with Crippen molar-refractivity contribution in [2.75, 3.05) is 5.32 Å². The molecule has 0 unspecified atom stereocenters. The second kappa shape index (κ2) is 8.48. The van der Waals surface area contributed by atoms with E-state index in [1.807, 2.05) is 12.1 Å². The lowest BCUT2D eigenvalue weighted by molar-refractivity contribution is -0.138. The summed E-state index contributed by atoms with van der Waals surface area (Å²) in [5.74, 6) is -0.152. The number of nitrogens with zero attached hydrogens (tertiary/aromatic N) is 1. The SMILES string of the molecule is O=S1(=O)NC(=NCc2ccccc2C(F)(F)F)Nc2c(Cc3ccccc3Cl)cccc21. The first-order valence-electron chi connectivity index (χ1n) is 9.50. The van der Waals surface area contributed by atoms with Crippen LogP contribution in [0.1, 0.15) is 22.3 Å². The van der Waals surface area contributed by atoms with Gasteiger partial charge in [0, 0.05) is 11.4 Å². The molecule has 0 aromatic heterocycles. The fraction of sp³-hybridized carbons (Fsp3) is 0.136. The number of anilines is 1. The lowest BCUT2D eigenvalue weighted by atomic mass is 10.0. The number of halogens is 4. The molecular formula is C22H17ClF3N3O2S. The Kier molecular flexibility index (Phi) is 5.87. The molecule has 0 saturated carbocycles. The average molecular weight is 480 g/mol. The highest BCUT2D eigenvalue weighted by molar-refractivity contribution is 7.90. The summed E-state index contributed by atoms with van der Waals surface area (Å²) >= 11 is 6.24. The summed E-state index contributed by atoms with van der Waals surface area (Å²) in [7, 11) is -3.96. The molecule has 10 heteroatoms. The van der Waals surface area contributed by atoms with Gasteiger partial charge in [0.15, 0.2) is 0 Å². The van der Waals surface area contributed by atoms with Crippen molar-refractivity contribution in [3.05, 3.63) is 94.0 Å². The van der Waals surface area contributed by atoms with Crippen LogP contribution in [0, 0.1) is 0 Å². The normalized spacial score (nSPS) is 16.2. The number of alkyl halides is 3. The summed E-state index contributed by atoms with van der Waals surface area (Å²) < 4.78 is 67.5. The van der Waals surface area contributed by atoms with Gasteiger partial charge in [-0.2, -0.15) is 13.2 Å². The molecule has 0 radical (unpaired) electrons. The minimum absolute atomic E-state index is 0.0247. The van der Waals surface area contributed by atoms with Gasteiger partial charge in [-0.15, -0.1) is 0 Å². The molecule has 166 valence electrons. The summed E-state index contributed by atoms with van der Waals surface area (Å²) in [6.45, 7) is -0.359. The molecule has 1 heterocycles. The van der Waals surface area contributed by atoms with Crippen LogP contribution in [0.3, 0.4) is 0 Å². The van der Waals surface area contributed by atoms with Crippen LogP contribution in [0.4, 0.5) is 18.9 Å². The zero-order chi connectivity index (χ0) is 22.9. The van der Waals surface area contributed by atoms with Gasteiger partial charge in [-0.05, 0) is 34.9 Å². The molecular weight excluding hydrogens is 463 g/mol. The van der Waals surface area contributed by atoms with Crippen LogP contribution in [0.25, 0.3) is 0 Å². The largest absolute Gasteiger partial charge is 0.416 e. The minimum atomic E-state index is -4.54. The molecule has 4 rings (SSSR count). The number of sulfonamides is 1. The molecule has 0 atom stereocenters. The highest BCUT2D eigenvalue weighted by Crippen LogP contribution is 2.33. The molecule has 0 fully saturated rings. The Hall–Kier alpha value is -3.04. The van der Waals surface area contributed by atoms with Crippen molar-refractivity contribution in [1.29, 1.82) is 0 Å². The number of rotatable bonds is 4. The average Bonchev–Trinajstić information content (AvgIpc) is 2.73. The van der Waals surface area contributed by atoms with Gasteiger partial charge >= 0.3 is 6.18 Å². The van der Waals surface area contributed by atoms with E-state index >= 15 is 0 Å². The van der Waals surface area contributed by atoms with Crippen molar-refractivity contribution in [3.63, 3.8) is 0 Å². The molecule has 3 aromatic carbocycles. The third kappa shape index (κ3) is 4.58. The van der Waals surface area contributed by atoms with Crippen LogP contribution >= 0.6 is 11.6 Å². The van der Waals surface area contributed by atoms with Crippen LogP contribution in [0.2, 0.25) is 5.02 Å². The Balaban J connectivity index is 1.68. The van der Waals surface area contributed by atoms with Gasteiger partial charge < -0.3 is 5.32 Å². The van der Waals surface area contributed by atoms with Gasteiger partial charge in [0.05, 0.1) is 17.8 Å². The van der Waals surface area contributed by atoms with E-state index in [4.69, 9.17) is 11.6 Å². The molecule has 0 amide bonds. The van der Waals surface area contributed by atoms with Crippen molar-refractivity contribution < 1.29 is 21.6 Å². The maximum absolute atomic E-state index is 13.2. The number of fused-ring (bicyclic) bond motifs is 1. The number of para-hydroxylation sites is 1. The van der Waals surface area contributed by atoms with Crippen molar-refractivity contribution in [3.8, 4) is 0 Å². The Morgan fingerprint density at radius 3 is 2.25 bits per heavy atom. The molecule has 5 nitrogen and oxygen atoms in total. The summed E-state index contributed by atoms with van der Waals surface area (Å²) in [6.07, 6.45) is -4.18. The van der Waals surface area contributed by atoms with Crippen LogP contribution in [-0.2, 0) is 29.2 Å². The topological polar surface area (TPSA) is 70.6 Å². The number of hydrogen-bond donors (Lipinski definition) is 2. The molecule has 0 aliphatic carbocycles. The summed E-state index contributed by atoms with van der Waals surface area (Å²) in [6, 6.07) is 17.0. The fourth-order valence-corrected chi connectivity index (χ4v) is 4.82. The van der Waals surface area contributed by atoms with Crippen LogP contribution in [0.5, 0.6) is 0 Å². The fourth-order valence-electron chi connectivity index (χ4n) is 3.43. The Bertz CT molecular complexity index is 1310. The smallest absolute Gasteiger partial charge is 0.324 e. The molecule has 32 heavy (non-hydrogen) atoms. The Morgan fingerprint density at radius 2 is 1.53 bits per heavy atom. The lowest BCUT2D eigenvalue weighted by Crippen LogP contribution is -2.41. The van der Waals surface area contributed by atoms with Crippen molar-refractivity contribution in [2.45, 2.75) is 24.0 Å². The molecule has 1 aliphatic heterocycles. The predicted octanol–water partition coefficient (Wildman–Crippen LogP) is 5.21. The van der Waals surface area contributed by atoms with Crippen molar-refractivity contribution >= 4 is 33.3 Å². The van der Waals surface area contributed by atoms with Crippen molar-refractivity contribution in [2.24, 2.45) is 4.99 Å². The highest BCUT2D eigenvalue weighted by atomic mass is 35.5. The third-order valence-corrected chi connectivity index (χ3v) is 6.70. The van der Waals surface area contributed by atoms with Gasteiger partial charge in [0.25, 0.3) is 10.0 Å². The number of guanidine groups is 1. The first-order chi connectivity index (χ1) is 15.1. The van der Waals surface area contributed by atoms with Gasteiger partial charge in [0.1, 0.15) is 4.90 Å². The number of nitrogens with one attached hydrogen (secondary N) is 2. The second-order valence-electron chi connectivity index (χ2n) is 7.11. The first kappa shape index (κ1) is 22.2. The van der Waals surface area contributed by atoms with Crippen molar-refractivity contribution in [1.82, 2.24) is 4.72 Å². The van der Waals surface area contributed by atoms with E-state index in [0.29, 0.717) is 22.7 Å². The maximum atomic E-state index is 13.2. The minimum Gasteiger partial charge on any atom is -0.324 e. The van der Waals surface area contributed by atoms with Gasteiger partial charge in [-0.25, -0.2) is 18.1 Å². The molecule has 0 saturated heterocycles. The Morgan fingerprint density at radius 1 is 0.875 bits per heavy atom. The quantitative estimate of drug-likeness (QED) is 0.539. The second-order valence-corrected chi connectivity index (χ2v) is 9.17. The zero-order valence-corrected chi connectivity index (χ0v) is 18.0. The molecule has 0 bridgehead atoms. The summed E-state index contributed by atoms with van der Waals surface area (Å²) in [5, 5.41) is 3.47. The first-order valence-corrected chi connectivity index (χ1v) is 11.4. The van der Waals surface area contributed by atoms with Crippen LogP contribution in [0.15, 0.2) is 76.6 Å². The number of aliphatic imine (C=N–C) groups is 1. The molecule has 0 spiro atoms. The van der Waals surface area contributed by atoms with Gasteiger partial charge in [-0.3, -0.25) is 0 Å². The van der Waals surface area contributed by atoms with E-state index in [2.05, 4.69) is 15.0 Å². The summed E-state index contributed by atoms with van der Waals surface area (Å²) in [4.78, 5) is 4.10. The third-order valence-electron chi connectivity index (χ3n) is 4.95. The van der Waals surface area contributed by atoms with E-state index in [0.717, 1.165) is 11.6 Å². The van der Waals surface area contributed by atoms with E-state index in [9.17, 15) is 21.6 Å². The lowest BCUT2D eigenvalue weighted by Gasteiger charge is -2.24. The van der Waals surface area contributed by atoms with Crippen LogP contribution < -0.4 is 10.0 Å². The maximum Gasteiger partial charge on any atom is 0.416 e. The van der Waals surface area contributed by atoms with E-state index in [1.165, 1.54) is 24.3 Å². The Labute approximate surface area is 188 Å². The van der Waals surface area contributed by atoms with Gasteiger partial charge in [0.2, 0.25) is 5.96 Å². The van der Waals surface area contributed by atoms with Crippen LogP contribution in [-0.4, -0.2) is 14.4 Å². The zero-order valence-electron chi connectivity index (χ0n) is 16.4.